The van der Waals surface area contributed by atoms with E-state index in [-0.39, 0.29) is 12.5 Å². The molecule has 0 unspecified atom stereocenters. The zero-order valence-corrected chi connectivity index (χ0v) is 12.3. The van der Waals surface area contributed by atoms with E-state index in [4.69, 9.17) is 14.6 Å². The lowest BCUT2D eigenvalue weighted by Crippen LogP contribution is -2.31. The number of aliphatic carboxylic acids is 1. The number of hydrogen-bond acceptors (Lipinski definition) is 4. The third-order valence-corrected chi connectivity index (χ3v) is 2.85. The van der Waals surface area contributed by atoms with Gasteiger partial charge in [-0.25, -0.2) is 0 Å². The van der Waals surface area contributed by atoms with E-state index in [0.717, 1.165) is 6.42 Å². The van der Waals surface area contributed by atoms with Crippen LogP contribution in [0.2, 0.25) is 0 Å². The average Bonchev–Trinajstić information content (AvgIpc) is 2.49. The van der Waals surface area contributed by atoms with Crippen LogP contribution in [-0.2, 0) is 9.53 Å². The minimum Gasteiger partial charge on any atom is -0.493 e. The maximum Gasteiger partial charge on any atom is 0.308 e. The summed E-state index contributed by atoms with van der Waals surface area (Å²) in [6.07, 6.45) is 0.767. The molecule has 116 valence electrons. The Morgan fingerprint density at radius 2 is 2.10 bits per heavy atom. The summed E-state index contributed by atoms with van der Waals surface area (Å²) in [4.78, 5) is 22.6. The zero-order valence-electron chi connectivity index (χ0n) is 12.3. The van der Waals surface area contributed by atoms with Crippen molar-refractivity contribution in [3.63, 3.8) is 0 Å². The first-order chi connectivity index (χ1) is 10.0. The molecule has 2 N–H and O–H groups in total. The number of hydrogen-bond donors (Lipinski definition) is 2. The Balaban J connectivity index is 2.50. The molecular weight excluding hydrogens is 274 g/mol. The summed E-state index contributed by atoms with van der Waals surface area (Å²) in [5.74, 6) is -1.27. The maximum absolute atomic E-state index is 11.9. The molecule has 6 heteroatoms. The Morgan fingerprint density at radius 3 is 2.76 bits per heavy atom. The number of benzene rings is 1. The lowest BCUT2D eigenvalue weighted by molar-refractivity contribution is -0.140. The first kappa shape index (κ1) is 17.0. The van der Waals surface area contributed by atoms with Gasteiger partial charge in [-0.15, -0.1) is 0 Å². The van der Waals surface area contributed by atoms with Crippen LogP contribution in [0, 0.1) is 5.92 Å². The number of rotatable bonds is 9. The fourth-order valence-corrected chi connectivity index (χ4v) is 1.56. The summed E-state index contributed by atoms with van der Waals surface area (Å²) in [6.45, 7) is 2.76. The van der Waals surface area contributed by atoms with Crippen LogP contribution in [0.15, 0.2) is 24.3 Å². The van der Waals surface area contributed by atoms with Crippen molar-refractivity contribution in [2.45, 2.75) is 13.3 Å². The predicted molar refractivity (Wildman–Crippen MR) is 77.6 cm³/mol. The number of carbonyl (C=O) groups is 2. The molecule has 0 aromatic heterocycles. The molecule has 1 amide bonds. The second kappa shape index (κ2) is 8.97. The molecule has 1 rings (SSSR count). The molecule has 0 bridgehead atoms. The monoisotopic (exact) mass is 295 g/mol. The van der Waals surface area contributed by atoms with Gasteiger partial charge >= 0.3 is 5.97 Å². The van der Waals surface area contributed by atoms with Crippen molar-refractivity contribution in [2.75, 3.05) is 26.9 Å². The number of carboxylic acid groups (broad SMARTS) is 1. The van der Waals surface area contributed by atoms with Gasteiger partial charge in [-0.3, -0.25) is 9.59 Å². The SMILES string of the molecule is COCCCOc1cccc(C(=O)NC[C@H](C)C(=O)O)c1. The summed E-state index contributed by atoms with van der Waals surface area (Å²) in [7, 11) is 1.63. The molecule has 21 heavy (non-hydrogen) atoms. The topological polar surface area (TPSA) is 84.9 Å². The van der Waals surface area contributed by atoms with Crippen LogP contribution in [0.3, 0.4) is 0 Å². The summed E-state index contributed by atoms with van der Waals surface area (Å²) >= 11 is 0. The number of carboxylic acids is 1. The van der Waals surface area contributed by atoms with Gasteiger partial charge in [0.1, 0.15) is 5.75 Å². The van der Waals surface area contributed by atoms with Crippen LogP contribution in [0.25, 0.3) is 0 Å². The smallest absolute Gasteiger partial charge is 0.308 e. The van der Waals surface area contributed by atoms with E-state index in [9.17, 15) is 9.59 Å². The van der Waals surface area contributed by atoms with E-state index in [1.807, 2.05) is 0 Å². The Labute approximate surface area is 124 Å². The highest BCUT2D eigenvalue weighted by molar-refractivity contribution is 5.94. The van der Waals surface area contributed by atoms with Crippen LogP contribution in [0.1, 0.15) is 23.7 Å². The third-order valence-electron chi connectivity index (χ3n) is 2.85. The molecule has 0 spiro atoms. The van der Waals surface area contributed by atoms with Crippen LogP contribution < -0.4 is 10.1 Å². The molecule has 0 saturated heterocycles. The van der Waals surface area contributed by atoms with Crippen molar-refractivity contribution in [3.8, 4) is 5.75 Å². The van der Waals surface area contributed by atoms with E-state index in [1.165, 1.54) is 6.92 Å². The van der Waals surface area contributed by atoms with E-state index < -0.39 is 11.9 Å². The molecule has 6 nitrogen and oxygen atoms in total. The van der Waals surface area contributed by atoms with Gasteiger partial charge in [0.25, 0.3) is 5.91 Å². The van der Waals surface area contributed by atoms with E-state index >= 15 is 0 Å². The number of amides is 1. The summed E-state index contributed by atoms with van der Waals surface area (Å²) in [5, 5.41) is 11.4. The molecular formula is C15H21NO5. The third kappa shape index (κ3) is 6.27. The zero-order chi connectivity index (χ0) is 15.7. The Bertz CT molecular complexity index is 475. The minimum atomic E-state index is -0.939. The van der Waals surface area contributed by atoms with Gasteiger partial charge in [0, 0.05) is 32.2 Å². The highest BCUT2D eigenvalue weighted by Gasteiger charge is 2.13. The highest BCUT2D eigenvalue weighted by Crippen LogP contribution is 2.13. The second-order valence-corrected chi connectivity index (χ2v) is 4.67. The van der Waals surface area contributed by atoms with Crippen molar-refractivity contribution < 1.29 is 24.2 Å². The summed E-state index contributed by atoms with van der Waals surface area (Å²) < 4.78 is 10.4. The molecule has 1 aromatic rings. The van der Waals surface area contributed by atoms with Crippen molar-refractivity contribution in [2.24, 2.45) is 5.92 Å². The average molecular weight is 295 g/mol. The Hall–Kier alpha value is -2.08. The summed E-state index contributed by atoms with van der Waals surface area (Å²) in [6, 6.07) is 6.78. The number of ether oxygens (including phenoxy) is 2. The number of carbonyl (C=O) groups excluding carboxylic acids is 1. The quantitative estimate of drug-likeness (QED) is 0.675. The van der Waals surface area contributed by atoms with Gasteiger partial charge in [-0.1, -0.05) is 13.0 Å². The molecule has 0 aliphatic heterocycles. The minimum absolute atomic E-state index is 0.0904. The molecule has 1 aromatic carbocycles. The van der Waals surface area contributed by atoms with Crippen molar-refractivity contribution >= 4 is 11.9 Å². The van der Waals surface area contributed by atoms with E-state index in [2.05, 4.69) is 5.32 Å². The molecule has 0 aliphatic rings. The van der Waals surface area contributed by atoms with Gasteiger partial charge in [0.2, 0.25) is 0 Å². The molecule has 0 saturated carbocycles. The summed E-state index contributed by atoms with van der Waals surface area (Å²) in [5.41, 5.74) is 0.442. The van der Waals surface area contributed by atoms with Crippen LogP contribution >= 0.6 is 0 Å². The van der Waals surface area contributed by atoms with Gasteiger partial charge in [-0.05, 0) is 18.2 Å². The first-order valence-electron chi connectivity index (χ1n) is 6.77. The van der Waals surface area contributed by atoms with E-state index in [1.54, 1.807) is 31.4 Å². The van der Waals surface area contributed by atoms with Crippen molar-refractivity contribution in [3.05, 3.63) is 29.8 Å². The standard InChI is InChI=1S/C15H21NO5/c1-11(15(18)19)10-16-14(17)12-5-3-6-13(9-12)21-8-4-7-20-2/h3,5-6,9,11H,4,7-8,10H2,1-2H3,(H,16,17)(H,18,19)/t11-/m0/s1. The lowest BCUT2D eigenvalue weighted by atomic mass is 10.1. The van der Waals surface area contributed by atoms with Gasteiger partial charge in [-0.2, -0.15) is 0 Å². The van der Waals surface area contributed by atoms with Gasteiger partial charge < -0.3 is 19.9 Å². The van der Waals surface area contributed by atoms with E-state index in [0.29, 0.717) is 24.5 Å². The largest absolute Gasteiger partial charge is 0.493 e. The number of nitrogens with one attached hydrogen (secondary N) is 1. The first-order valence-corrected chi connectivity index (χ1v) is 6.77. The molecule has 0 fully saturated rings. The van der Waals surface area contributed by atoms with Crippen LogP contribution in [0.4, 0.5) is 0 Å². The Morgan fingerprint density at radius 1 is 1.33 bits per heavy atom. The normalized spacial score (nSPS) is 11.7. The Kier molecular flexibility index (Phi) is 7.25. The van der Waals surface area contributed by atoms with Gasteiger partial charge in [0.15, 0.2) is 0 Å². The molecule has 0 aliphatic carbocycles. The maximum atomic E-state index is 11.9. The second-order valence-electron chi connectivity index (χ2n) is 4.67. The molecule has 0 heterocycles. The van der Waals surface area contributed by atoms with Crippen molar-refractivity contribution in [1.29, 1.82) is 0 Å². The molecule has 1 atom stereocenters. The highest BCUT2D eigenvalue weighted by atomic mass is 16.5. The van der Waals surface area contributed by atoms with Crippen LogP contribution in [-0.4, -0.2) is 43.9 Å². The number of methoxy groups -OCH3 is 1. The van der Waals surface area contributed by atoms with Crippen LogP contribution in [0.5, 0.6) is 5.75 Å². The molecule has 0 radical (unpaired) electrons. The predicted octanol–water partition coefficient (Wildman–Crippen LogP) is 1.55. The fourth-order valence-electron chi connectivity index (χ4n) is 1.56. The lowest BCUT2D eigenvalue weighted by Gasteiger charge is -2.10. The fraction of sp³-hybridized carbons (Fsp3) is 0.467. The van der Waals surface area contributed by atoms with Gasteiger partial charge in [0.05, 0.1) is 12.5 Å². The van der Waals surface area contributed by atoms with Crippen molar-refractivity contribution in [1.82, 2.24) is 5.32 Å².